The van der Waals surface area contributed by atoms with Crippen LogP contribution in [0.25, 0.3) is 0 Å². The molecule has 80 valence electrons. The number of hydrogen-bond acceptors (Lipinski definition) is 2. The lowest BCUT2D eigenvalue weighted by atomic mass is 9.91. The molecular weight excluding hydrogens is 188 g/mol. The van der Waals surface area contributed by atoms with E-state index in [9.17, 15) is 5.11 Å². The van der Waals surface area contributed by atoms with E-state index < -0.39 is 0 Å². The maximum Gasteiger partial charge on any atom is 0.122 e. The van der Waals surface area contributed by atoms with Crippen LogP contribution in [0.3, 0.4) is 0 Å². The van der Waals surface area contributed by atoms with Gasteiger partial charge in [-0.1, -0.05) is 18.2 Å². The molecule has 1 aromatic carbocycles. The van der Waals surface area contributed by atoms with Gasteiger partial charge in [0.1, 0.15) is 5.75 Å². The molecule has 1 heterocycles. The summed E-state index contributed by atoms with van der Waals surface area (Å²) in [6, 6.07) is 8.21. The van der Waals surface area contributed by atoms with E-state index >= 15 is 0 Å². The molecule has 1 aliphatic heterocycles. The van der Waals surface area contributed by atoms with Crippen molar-refractivity contribution < 1.29 is 9.84 Å². The molecule has 1 saturated carbocycles. The summed E-state index contributed by atoms with van der Waals surface area (Å²) >= 11 is 0. The first-order valence-electron chi connectivity index (χ1n) is 5.68. The van der Waals surface area contributed by atoms with E-state index in [2.05, 4.69) is 12.1 Å². The summed E-state index contributed by atoms with van der Waals surface area (Å²) in [4.78, 5) is 0. The zero-order valence-electron chi connectivity index (χ0n) is 8.78. The summed E-state index contributed by atoms with van der Waals surface area (Å²) < 4.78 is 5.70. The summed E-state index contributed by atoms with van der Waals surface area (Å²) in [5.74, 6) is 1.52. The maximum atomic E-state index is 9.87. The Morgan fingerprint density at radius 3 is 2.93 bits per heavy atom. The van der Waals surface area contributed by atoms with Gasteiger partial charge in [0.15, 0.2) is 0 Å². The van der Waals surface area contributed by atoms with Crippen LogP contribution < -0.4 is 4.74 Å². The molecule has 0 amide bonds. The number of aliphatic hydroxyl groups is 1. The van der Waals surface area contributed by atoms with Gasteiger partial charge in [0, 0.05) is 0 Å². The Labute approximate surface area is 89.9 Å². The lowest BCUT2D eigenvalue weighted by Gasteiger charge is -2.26. The predicted octanol–water partition coefficient (Wildman–Crippen LogP) is 2.15. The Morgan fingerprint density at radius 2 is 2.13 bits per heavy atom. The Bertz CT molecular complexity index is 369. The first-order chi connectivity index (χ1) is 7.25. The average Bonchev–Trinajstić information content (AvgIpc) is 2.96. The van der Waals surface area contributed by atoms with Crippen molar-refractivity contribution in [3.05, 3.63) is 29.8 Å². The molecule has 2 heteroatoms. The highest BCUT2D eigenvalue weighted by atomic mass is 16.5. The van der Waals surface area contributed by atoms with Crippen LogP contribution in [-0.2, 0) is 6.42 Å². The standard InChI is InChI=1S/C13H16O2/c14-13(5-6-13)8-10-7-11-3-1-2-4-12(11)15-9-10/h1-4,10,14H,5-9H2. The summed E-state index contributed by atoms with van der Waals surface area (Å²) in [6.45, 7) is 0.763. The van der Waals surface area contributed by atoms with Crippen molar-refractivity contribution in [1.82, 2.24) is 0 Å². The van der Waals surface area contributed by atoms with E-state index in [1.807, 2.05) is 12.1 Å². The van der Waals surface area contributed by atoms with E-state index in [-0.39, 0.29) is 5.60 Å². The number of rotatable bonds is 2. The molecule has 0 radical (unpaired) electrons. The molecule has 2 aliphatic rings. The molecule has 1 aliphatic carbocycles. The minimum Gasteiger partial charge on any atom is -0.493 e. The average molecular weight is 204 g/mol. The topological polar surface area (TPSA) is 29.5 Å². The Balaban J connectivity index is 1.72. The van der Waals surface area contributed by atoms with Gasteiger partial charge in [-0.2, -0.15) is 0 Å². The Morgan fingerprint density at radius 1 is 1.33 bits per heavy atom. The van der Waals surface area contributed by atoms with Gasteiger partial charge in [-0.25, -0.2) is 0 Å². The van der Waals surface area contributed by atoms with E-state index in [1.54, 1.807) is 0 Å². The molecule has 3 rings (SSSR count). The van der Waals surface area contributed by atoms with Crippen LogP contribution in [0.1, 0.15) is 24.8 Å². The highest BCUT2D eigenvalue weighted by Crippen LogP contribution is 2.42. The van der Waals surface area contributed by atoms with Crippen molar-refractivity contribution >= 4 is 0 Å². The molecule has 0 saturated heterocycles. The third-order valence-electron chi connectivity index (χ3n) is 3.45. The fourth-order valence-corrected chi connectivity index (χ4v) is 2.41. The van der Waals surface area contributed by atoms with Gasteiger partial charge in [0.2, 0.25) is 0 Å². The van der Waals surface area contributed by atoms with Crippen LogP contribution in [0.4, 0.5) is 0 Å². The number of para-hydroxylation sites is 1. The second-order valence-corrected chi connectivity index (χ2v) is 4.92. The fourth-order valence-electron chi connectivity index (χ4n) is 2.41. The maximum absolute atomic E-state index is 9.87. The van der Waals surface area contributed by atoms with Crippen molar-refractivity contribution in [3.63, 3.8) is 0 Å². The smallest absolute Gasteiger partial charge is 0.122 e. The van der Waals surface area contributed by atoms with Crippen LogP contribution in [0.2, 0.25) is 0 Å². The van der Waals surface area contributed by atoms with Crippen molar-refractivity contribution in [1.29, 1.82) is 0 Å². The van der Waals surface area contributed by atoms with Crippen LogP contribution in [-0.4, -0.2) is 17.3 Å². The second-order valence-electron chi connectivity index (χ2n) is 4.92. The number of hydrogen-bond donors (Lipinski definition) is 1. The van der Waals surface area contributed by atoms with Gasteiger partial charge < -0.3 is 9.84 Å². The minimum absolute atomic E-state index is 0.347. The molecule has 1 fully saturated rings. The summed E-state index contributed by atoms with van der Waals surface area (Å²) in [7, 11) is 0. The van der Waals surface area contributed by atoms with Crippen LogP contribution in [0.5, 0.6) is 5.75 Å². The molecule has 0 bridgehead atoms. The van der Waals surface area contributed by atoms with Gasteiger partial charge >= 0.3 is 0 Å². The number of benzene rings is 1. The van der Waals surface area contributed by atoms with Gasteiger partial charge in [-0.3, -0.25) is 0 Å². The van der Waals surface area contributed by atoms with Crippen LogP contribution in [0, 0.1) is 5.92 Å². The SMILES string of the molecule is OC1(CC2COc3ccccc3C2)CC1. The van der Waals surface area contributed by atoms with E-state index in [4.69, 9.17) is 4.74 Å². The van der Waals surface area contributed by atoms with Crippen molar-refractivity contribution in [2.45, 2.75) is 31.3 Å². The number of ether oxygens (including phenoxy) is 1. The quantitative estimate of drug-likeness (QED) is 0.799. The van der Waals surface area contributed by atoms with Crippen molar-refractivity contribution in [3.8, 4) is 5.75 Å². The van der Waals surface area contributed by atoms with E-state index in [0.717, 1.165) is 38.0 Å². The first kappa shape index (κ1) is 9.22. The van der Waals surface area contributed by atoms with E-state index in [0.29, 0.717) is 5.92 Å². The molecule has 0 spiro atoms. The molecule has 1 N–H and O–H groups in total. The molecule has 15 heavy (non-hydrogen) atoms. The normalized spacial score (nSPS) is 26.6. The van der Waals surface area contributed by atoms with Gasteiger partial charge in [-0.05, 0) is 43.2 Å². The van der Waals surface area contributed by atoms with Crippen molar-refractivity contribution in [2.75, 3.05) is 6.61 Å². The Hall–Kier alpha value is -1.02. The third-order valence-corrected chi connectivity index (χ3v) is 3.45. The summed E-state index contributed by atoms with van der Waals surface area (Å²) in [5.41, 5.74) is 0.943. The summed E-state index contributed by atoms with van der Waals surface area (Å²) in [6.07, 6.45) is 3.91. The largest absolute Gasteiger partial charge is 0.493 e. The van der Waals surface area contributed by atoms with E-state index in [1.165, 1.54) is 5.56 Å². The van der Waals surface area contributed by atoms with Crippen LogP contribution in [0.15, 0.2) is 24.3 Å². The monoisotopic (exact) mass is 204 g/mol. The molecule has 2 nitrogen and oxygen atoms in total. The fraction of sp³-hybridized carbons (Fsp3) is 0.538. The van der Waals surface area contributed by atoms with Gasteiger partial charge in [-0.15, -0.1) is 0 Å². The third kappa shape index (κ3) is 1.86. The lowest BCUT2D eigenvalue weighted by Crippen LogP contribution is -2.25. The predicted molar refractivity (Wildman–Crippen MR) is 57.9 cm³/mol. The molecule has 0 aromatic heterocycles. The lowest BCUT2D eigenvalue weighted by molar-refractivity contribution is 0.0945. The highest BCUT2D eigenvalue weighted by Gasteiger charge is 2.42. The number of fused-ring (bicyclic) bond motifs is 1. The molecule has 1 atom stereocenters. The highest BCUT2D eigenvalue weighted by molar-refractivity contribution is 5.35. The summed E-state index contributed by atoms with van der Waals surface area (Å²) in [5, 5.41) is 9.87. The van der Waals surface area contributed by atoms with Crippen molar-refractivity contribution in [2.24, 2.45) is 5.92 Å². The molecular formula is C13H16O2. The zero-order chi connectivity index (χ0) is 10.3. The van der Waals surface area contributed by atoms with Gasteiger partial charge in [0.05, 0.1) is 12.2 Å². The van der Waals surface area contributed by atoms with Crippen LogP contribution >= 0.6 is 0 Å². The minimum atomic E-state index is -0.347. The second kappa shape index (κ2) is 3.24. The first-order valence-corrected chi connectivity index (χ1v) is 5.68. The Kier molecular flexibility index (Phi) is 1.99. The molecule has 1 unspecified atom stereocenters. The zero-order valence-corrected chi connectivity index (χ0v) is 8.78. The van der Waals surface area contributed by atoms with Gasteiger partial charge in [0.25, 0.3) is 0 Å². The molecule has 1 aromatic rings.